The molecule has 0 saturated heterocycles. The predicted octanol–water partition coefficient (Wildman–Crippen LogP) is 5.10. The average Bonchev–Trinajstić information content (AvgIpc) is 3.06. The predicted molar refractivity (Wildman–Crippen MR) is 196 cm³/mol. The van der Waals surface area contributed by atoms with Crippen molar-refractivity contribution >= 4 is 33.7 Å². The summed E-state index contributed by atoms with van der Waals surface area (Å²) in [6.07, 6.45) is -0.893. The van der Waals surface area contributed by atoms with E-state index in [1.54, 1.807) is 99.6 Å². The van der Waals surface area contributed by atoms with Gasteiger partial charge in [-0.25, -0.2) is 18.0 Å². The number of aliphatic carboxylic acids is 1. The fraction of sp³-hybridized carbons (Fsp3) is 0.385. The first-order valence-corrected chi connectivity index (χ1v) is 18.1. The Balaban J connectivity index is 1.98. The lowest BCUT2D eigenvalue weighted by Gasteiger charge is -2.40. The molecule has 0 aliphatic carbocycles. The summed E-state index contributed by atoms with van der Waals surface area (Å²) in [6, 6.07) is 23.0. The van der Waals surface area contributed by atoms with Gasteiger partial charge in [-0.15, -0.1) is 0 Å². The highest BCUT2D eigenvalue weighted by Crippen LogP contribution is 2.25. The van der Waals surface area contributed by atoms with Crippen LogP contribution in [-0.4, -0.2) is 77.3 Å². The van der Waals surface area contributed by atoms with Crippen LogP contribution in [0.5, 0.6) is 0 Å². The van der Waals surface area contributed by atoms with E-state index >= 15 is 0 Å². The molecule has 3 N–H and O–H groups in total. The lowest BCUT2D eigenvalue weighted by Crippen LogP contribution is -2.61. The molecule has 3 rings (SSSR count). The molecule has 3 amide bonds. The van der Waals surface area contributed by atoms with E-state index in [-0.39, 0.29) is 24.2 Å². The van der Waals surface area contributed by atoms with Gasteiger partial charge < -0.3 is 20.5 Å². The van der Waals surface area contributed by atoms with Crippen molar-refractivity contribution < 1.29 is 37.4 Å². The van der Waals surface area contributed by atoms with Crippen molar-refractivity contribution in [3.8, 4) is 0 Å². The summed E-state index contributed by atoms with van der Waals surface area (Å²) in [7, 11) is -3.87. The van der Waals surface area contributed by atoms with Gasteiger partial charge in [-0.3, -0.25) is 14.5 Å². The summed E-state index contributed by atoms with van der Waals surface area (Å²) in [5.41, 5.74) is 1.09. The summed E-state index contributed by atoms with van der Waals surface area (Å²) in [5, 5.41) is 15.4. The van der Waals surface area contributed by atoms with Crippen LogP contribution >= 0.6 is 0 Å². The maximum absolute atomic E-state index is 14.4. The molecular formula is C39H49N3O8S. The molecule has 0 spiro atoms. The molecule has 11 nitrogen and oxygen atoms in total. The first kappa shape index (κ1) is 40.5. The second kappa shape index (κ2) is 17.3. The maximum atomic E-state index is 14.4. The van der Waals surface area contributed by atoms with E-state index in [0.717, 1.165) is 0 Å². The Morgan fingerprint density at radius 2 is 1.12 bits per heavy atom. The minimum atomic E-state index is -3.87. The number of sulfone groups is 1. The molecule has 0 heterocycles. The number of benzene rings is 3. The summed E-state index contributed by atoms with van der Waals surface area (Å²) >= 11 is 0. The van der Waals surface area contributed by atoms with Crippen LogP contribution in [0.4, 0.5) is 4.79 Å². The number of carbonyl (C=O) groups excluding carboxylic acids is 3. The average molecular weight is 720 g/mol. The van der Waals surface area contributed by atoms with Crippen LogP contribution in [-0.2, 0) is 48.2 Å². The first-order chi connectivity index (χ1) is 23.8. The molecule has 51 heavy (non-hydrogen) atoms. The highest BCUT2D eigenvalue weighted by molar-refractivity contribution is 7.96. The molecule has 3 aromatic rings. The zero-order valence-electron chi connectivity index (χ0n) is 30.1. The number of carboxylic acids is 1. The molecule has 0 fully saturated rings. The summed E-state index contributed by atoms with van der Waals surface area (Å²) < 4.78 is 30.2. The Labute approximate surface area is 301 Å². The number of ether oxygens (including phenoxy) is 1. The van der Waals surface area contributed by atoms with E-state index in [1.807, 2.05) is 12.1 Å². The lowest BCUT2D eigenvalue weighted by molar-refractivity contribution is -0.142. The minimum absolute atomic E-state index is 0.0183. The Morgan fingerprint density at radius 3 is 1.53 bits per heavy atom. The Hall–Kier alpha value is -4.97. The van der Waals surface area contributed by atoms with Crippen LogP contribution in [0.25, 0.3) is 0 Å². The van der Waals surface area contributed by atoms with E-state index in [2.05, 4.69) is 17.2 Å². The maximum Gasteiger partial charge on any atom is 0.411 e. The van der Waals surface area contributed by atoms with Gasteiger partial charge in [0.2, 0.25) is 11.8 Å². The molecule has 12 heteroatoms. The standard InChI is InChI=1S/C39H49N3O8S/c1-27(51(48,49)39(5,6)7)26-50-37(47)42(38(2,3)4)33(25-30-21-15-10-16-22-30)35(44)40-31(23-28-17-11-8-12-18-28)34(43)41-32(36(45)46)24-29-19-13-9-14-20-29/h8-22,31-33H,1,23-26H2,2-7H3,(H,40,44)(H,41,43)(H,45,46)/t31-,32-,33-/m0/s1. The van der Waals surface area contributed by atoms with Gasteiger partial charge in [-0.2, -0.15) is 0 Å². The van der Waals surface area contributed by atoms with Crippen molar-refractivity contribution in [2.75, 3.05) is 6.61 Å². The van der Waals surface area contributed by atoms with Gasteiger partial charge in [-0.05, 0) is 58.2 Å². The third kappa shape index (κ3) is 11.5. The molecule has 0 aliphatic heterocycles. The van der Waals surface area contributed by atoms with E-state index in [1.165, 1.54) is 25.7 Å². The smallest absolute Gasteiger partial charge is 0.411 e. The van der Waals surface area contributed by atoms with E-state index in [9.17, 15) is 32.7 Å². The molecule has 0 unspecified atom stereocenters. The van der Waals surface area contributed by atoms with Crippen LogP contribution < -0.4 is 10.6 Å². The third-order valence-corrected chi connectivity index (χ3v) is 10.7. The van der Waals surface area contributed by atoms with Crippen molar-refractivity contribution in [2.45, 2.75) is 89.2 Å². The lowest BCUT2D eigenvalue weighted by atomic mass is 9.97. The fourth-order valence-electron chi connectivity index (χ4n) is 5.38. The van der Waals surface area contributed by atoms with Crippen molar-refractivity contribution in [1.82, 2.24) is 15.5 Å². The molecular weight excluding hydrogens is 671 g/mol. The second-order valence-corrected chi connectivity index (χ2v) is 17.1. The number of nitrogens with zero attached hydrogens (tertiary/aromatic N) is 1. The second-order valence-electron chi connectivity index (χ2n) is 14.3. The van der Waals surface area contributed by atoms with Gasteiger partial charge in [0, 0.05) is 24.8 Å². The minimum Gasteiger partial charge on any atom is -0.480 e. The molecule has 0 saturated carbocycles. The number of rotatable bonds is 15. The van der Waals surface area contributed by atoms with Crippen LogP contribution in [0.15, 0.2) is 102 Å². The zero-order valence-corrected chi connectivity index (χ0v) is 30.9. The molecule has 0 aromatic heterocycles. The van der Waals surface area contributed by atoms with Crippen LogP contribution in [0, 0.1) is 0 Å². The molecule has 3 aromatic carbocycles. The van der Waals surface area contributed by atoms with Crippen LogP contribution in [0.3, 0.4) is 0 Å². The molecule has 3 atom stereocenters. The molecule has 274 valence electrons. The fourth-order valence-corrected chi connectivity index (χ4v) is 6.46. The number of hydrogen-bond acceptors (Lipinski definition) is 7. The highest BCUT2D eigenvalue weighted by Gasteiger charge is 2.41. The van der Waals surface area contributed by atoms with Crippen molar-refractivity contribution in [1.29, 1.82) is 0 Å². The SMILES string of the molecule is C=C(COC(=O)N([C@@H](Cc1ccccc1)C(=O)N[C@@H](Cc1ccccc1)C(=O)N[C@@H](Cc1ccccc1)C(=O)O)C(C)(C)C)S(=O)(=O)C(C)(C)C. The van der Waals surface area contributed by atoms with Gasteiger partial charge in [-0.1, -0.05) is 97.6 Å². The quantitative estimate of drug-likeness (QED) is 0.196. The van der Waals surface area contributed by atoms with Gasteiger partial charge >= 0.3 is 12.1 Å². The Kier molecular flexibility index (Phi) is 13.7. The number of nitrogens with one attached hydrogen (secondary N) is 2. The first-order valence-electron chi connectivity index (χ1n) is 16.6. The van der Waals surface area contributed by atoms with Gasteiger partial charge in [0.15, 0.2) is 9.84 Å². The summed E-state index contributed by atoms with van der Waals surface area (Å²) in [6.45, 7) is 12.7. The Morgan fingerprint density at radius 1 is 0.706 bits per heavy atom. The summed E-state index contributed by atoms with van der Waals surface area (Å²) in [4.78, 5) is 55.3. The third-order valence-electron chi connectivity index (χ3n) is 8.16. The van der Waals surface area contributed by atoms with Gasteiger partial charge in [0.05, 0.1) is 9.65 Å². The van der Waals surface area contributed by atoms with Gasteiger partial charge in [0.25, 0.3) is 0 Å². The topological polar surface area (TPSA) is 159 Å². The van der Waals surface area contributed by atoms with E-state index < -0.39 is 68.7 Å². The van der Waals surface area contributed by atoms with E-state index in [4.69, 9.17) is 4.74 Å². The molecule has 0 radical (unpaired) electrons. The van der Waals surface area contributed by atoms with Gasteiger partial charge in [0.1, 0.15) is 24.7 Å². The molecule has 0 bridgehead atoms. The zero-order chi connectivity index (χ0) is 38.0. The number of carbonyl (C=O) groups is 4. The van der Waals surface area contributed by atoms with Crippen molar-refractivity contribution in [3.63, 3.8) is 0 Å². The number of amides is 3. The number of hydrogen-bond donors (Lipinski definition) is 3. The van der Waals surface area contributed by atoms with Crippen molar-refractivity contribution in [3.05, 3.63) is 119 Å². The normalized spacial score (nSPS) is 13.6. The van der Waals surface area contributed by atoms with Crippen molar-refractivity contribution in [2.24, 2.45) is 0 Å². The highest BCUT2D eigenvalue weighted by atomic mass is 32.2. The Bertz CT molecular complexity index is 1770. The van der Waals surface area contributed by atoms with E-state index in [0.29, 0.717) is 16.7 Å². The largest absolute Gasteiger partial charge is 0.480 e. The monoisotopic (exact) mass is 719 g/mol. The number of carboxylic acid groups (broad SMARTS) is 1. The molecule has 0 aliphatic rings. The van der Waals surface area contributed by atoms with Crippen LogP contribution in [0.1, 0.15) is 58.2 Å². The summed E-state index contributed by atoms with van der Waals surface area (Å²) in [5.74, 6) is -2.66. The van der Waals surface area contributed by atoms with Crippen LogP contribution in [0.2, 0.25) is 0 Å².